The van der Waals surface area contributed by atoms with Gasteiger partial charge in [-0.2, -0.15) is 4.68 Å². The number of benzene rings is 2. The summed E-state index contributed by atoms with van der Waals surface area (Å²) in [4.78, 5) is 13.0. The van der Waals surface area contributed by atoms with Crippen LogP contribution in [0.4, 0.5) is 0 Å². The fourth-order valence-electron chi connectivity index (χ4n) is 3.03. The summed E-state index contributed by atoms with van der Waals surface area (Å²) in [5.41, 5.74) is 3.25. The van der Waals surface area contributed by atoms with Gasteiger partial charge < -0.3 is 0 Å². The van der Waals surface area contributed by atoms with Crippen LogP contribution in [0.5, 0.6) is 0 Å². The third kappa shape index (κ3) is 4.65. The number of rotatable bonds is 5. The fraction of sp³-hybridized carbons (Fsp3) is 0.364. The molecule has 0 saturated heterocycles. The molecule has 5 nitrogen and oxygen atoms in total. The van der Waals surface area contributed by atoms with E-state index in [1.54, 1.807) is 4.68 Å². The standard InChI is InChI=1S/C22H25ClN4O/c1-14(2)21-24-25-26-27(21)19-11-16(15-6-8-18(23)9-7-15)10-17(12-19)20(28)13-22(3,4)5/h6-12,14H,13H2,1-5H3. The lowest BCUT2D eigenvalue weighted by Gasteiger charge is -2.18. The summed E-state index contributed by atoms with van der Waals surface area (Å²) in [5.74, 6) is 1.01. The van der Waals surface area contributed by atoms with Crippen LogP contribution >= 0.6 is 11.6 Å². The second kappa shape index (κ2) is 7.84. The molecule has 0 amide bonds. The maximum Gasteiger partial charge on any atom is 0.163 e. The monoisotopic (exact) mass is 396 g/mol. The number of carbonyl (C=O) groups excluding carboxylic acids is 1. The first-order valence-electron chi connectivity index (χ1n) is 9.37. The molecule has 0 aliphatic carbocycles. The molecule has 0 spiro atoms. The second-order valence-corrected chi connectivity index (χ2v) is 8.98. The van der Waals surface area contributed by atoms with Gasteiger partial charge in [0.25, 0.3) is 0 Å². The van der Waals surface area contributed by atoms with Crippen molar-refractivity contribution in [1.82, 2.24) is 20.2 Å². The molecular formula is C22H25ClN4O. The van der Waals surface area contributed by atoms with Gasteiger partial charge in [0.1, 0.15) is 0 Å². The third-order valence-electron chi connectivity index (χ3n) is 4.36. The van der Waals surface area contributed by atoms with Gasteiger partial charge in [0.2, 0.25) is 0 Å². The molecule has 0 unspecified atom stereocenters. The number of hydrogen-bond donors (Lipinski definition) is 0. The molecule has 0 fully saturated rings. The molecule has 0 saturated carbocycles. The van der Waals surface area contributed by atoms with Gasteiger partial charge in [-0.1, -0.05) is 58.4 Å². The van der Waals surface area contributed by atoms with Gasteiger partial charge in [-0.05, 0) is 57.3 Å². The number of carbonyl (C=O) groups is 1. The van der Waals surface area contributed by atoms with Crippen molar-refractivity contribution in [3.63, 3.8) is 0 Å². The molecule has 0 radical (unpaired) electrons. The van der Waals surface area contributed by atoms with Crippen molar-refractivity contribution in [3.8, 4) is 16.8 Å². The van der Waals surface area contributed by atoms with E-state index in [4.69, 9.17) is 11.6 Å². The zero-order chi connectivity index (χ0) is 20.5. The van der Waals surface area contributed by atoms with Crippen molar-refractivity contribution in [3.05, 3.63) is 58.9 Å². The molecular weight excluding hydrogens is 372 g/mol. The van der Waals surface area contributed by atoms with E-state index in [2.05, 4.69) is 36.3 Å². The lowest BCUT2D eigenvalue weighted by Crippen LogP contribution is -2.14. The smallest absolute Gasteiger partial charge is 0.163 e. The Hall–Kier alpha value is -2.53. The zero-order valence-electron chi connectivity index (χ0n) is 16.9. The highest BCUT2D eigenvalue weighted by molar-refractivity contribution is 6.30. The summed E-state index contributed by atoms with van der Waals surface area (Å²) in [5, 5.41) is 12.8. The van der Waals surface area contributed by atoms with Crippen LogP contribution in [0.15, 0.2) is 42.5 Å². The SMILES string of the molecule is CC(C)c1nnnn1-c1cc(C(=O)CC(C)(C)C)cc(-c2ccc(Cl)cc2)c1. The maximum atomic E-state index is 13.0. The van der Waals surface area contributed by atoms with Crippen LogP contribution in [0.3, 0.4) is 0 Å². The normalized spacial score (nSPS) is 11.8. The van der Waals surface area contributed by atoms with E-state index < -0.39 is 0 Å². The Morgan fingerprint density at radius 3 is 2.36 bits per heavy atom. The number of Topliss-reactive ketones (excluding diaryl/α,β-unsaturated/α-hetero) is 1. The first kappa shape index (κ1) is 20.2. The minimum absolute atomic E-state index is 0.0918. The lowest BCUT2D eigenvalue weighted by atomic mass is 9.87. The first-order valence-corrected chi connectivity index (χ1v) is 9.75. The predicted molar refractivity (Wildman–Crippen MR) is 112 cm³/mol. The van der Waals surface area contributed by atoms with E-state index in [9.17, 15) is 4.79 Å². The number of halogens is 1. The molecule has 0 aliphatic rings. The molecule has 3 aromatic rings. The Bertz CT molecular complexity index is 985. The Balaban J connectivity index is 2.15. The van der Waals surface area contributed by atoms with Gasteiger partial charge in [-0.3, -0.25) is 4.79 Å². The van der Waals surface area contributed by atoms with Crippen LogP contribution < -0.4 is 0 Å². The van der Waals surface area contributed by atoms with E-state index in [1.807, 2.05) is 56.3 Å². The van der Waals surface area contributed by atoms with Crippen molar-refractivity contribution in [2.75, 3.05) is 0 Å². The molecule has 146 valence electrons. The second-order valence-electron chi connectivity index (χ2n) is 8.54. The summed E-state index contributed by atoms with van der Waals surface area (Å²) in [7, 11) is 0. The zero-order valence-corrected chi connectivity index (χ0v) is 17.7. The number of tetrazole rings is 1. The Labute approximate surface area is 170 Å². The molecule has 3 rings (SSSR count). The number of ketones is 1. The maximum absolute atomic E-state index is 13.0. The average molecular weight is 397 g/mol. The summed E-state index contributed by atoms with van der Waals surface area (Å²) >= 11 is 6.04. The molecule has 1 heterocycles. The van der Waals surface area contributed by atoms with E-state index >= 15 is 0 Å². The summed E-state index contributed by atoms with van der Waals surface area (Å²) in [6.07, 6.45) is 0.461. The highest BCUT2D eigenvalue weighted by atomic mass is 35.5. The third-order valence-corrected chi connectivity index (χ3v) is 4.61. The first-order chi connectivity index (χ1) is 13.1. The highest BCUT2D eigenvalue weighted by Gasteiger charge is 2.20. The van der Waals surface area contributed by atoms with Gasteiger partial charge in [-0.15, -0.1) is 5.10 Å². The fourth-order valence-corrected chi connectivity index (χ4v) is 3.15. The quantitative estimate of drug-likeness (QED) is 0.517. The Morgan fingerprint density at radius 1 is 1.07 bits per heavy atom. The molecule has 6 heteroatoms. The van der Waals surface area contributed by atoms with Gasteiger partial charge in [0.15, 0.2) is 11.6 Å². The number of aromatic nitrogens is 4. The highest BCUT2D eigenvalue weighted by Crippen LogP contribution is 2.29. The minimum Gasteiger partial charge on any atom is -0.294 e. The van der Waals surface area contributed by atoms with Crippen LogP contribution in [0, 0.1) is 5.41 Å². The Morgan fingerprint density at radius 2 is 1.75 bits per heavy atom. The minimum atomic E-state index is -0.0918. The van der Waals surface area contributed by atoms with Crippen molar-refractivity contribution < 1.29 is 4.79 Å². The topological polar surface area (TPSA) is 60.7 Å². The molecule has 0 atom stereocenters. The summed E-state index contributed by atoms with van der Waals surface area (Å²) in [6, 6.07) is 13.4. The number of hydrogen-bond acceptors (Lipinski definition) is 4. The van der Waals surface area contributed by atoms with E-state index in [0.717, 1.165) is 22.6 Å². The van der Waals surface area contributed by atoms with Crippen LogP contribution in [0.1, 0.15) is 63.1 Å². The predicted octanol–water partition coefficient (Wildman–Crippen LogP) is 5.73. The lowest BCUT2D eigenvalue weighted by molar-refractivity contribution is 0.0940. The van der Waals surface area contributed by atoms with Crippen molar-refractivity contribution >= 4 is 17.4 Å². The van der Waals surface area contributed by atoms with Crippen molar-refractivity contribution in [2.45, 2.75) is 47.0 Å². The van der Waals surface area contributed by atoms with Crippen LogP contribution in [-0.4, -0.2) is 26.0 Å². The van der Waals surface area contributed by atoms with E-state index in [-0.39, 0.29) is 17.1 Å². The van der Waals surface area contributed by atoms with Crippen molar-refractivity contribution in [2.24, 2.45) is 5.41 Å². The van der Waals surface area contributed by atoms with Crippen LogP contribution in [-0.2, 0) is 0 Å². The summed E-state index contributed by atoms with van der Waals surface area (Å²) < 4.78 is 1.71. The largest absolute Gasteiger partial charge is 0.294 e. The van der Waals surface area contributed by atoms with Crippen LogP contribution in [0.25, 0.3) is 16.8 Å². The van der Waals surface area contributed by atoms with E-state index in [1.165, 1.54) is 0 Å². The molecule has 1 aromatic heterocycles. The van der Waals surface area contributed by atoms with Gasteiger partial charge in [0.05, 0.1) is 5.69 Å². The van der Waals surface area contributed by atoms with Crippen LogP contribution in [0.2, 0.25) is 5.02 Å². The Kier molecular flexibility index (Phi) is 5.66. The molecule has 0 aliphatic heterocycles. The average Bonchev–Trinajstić information content (AvgIpc) is 3.10. The van der Waals surface area contributed by atoms with E-state index in [0.29, 0.717) is 17.0 Å². The molecule has 28 heavy (non-hydrogen) atoms. The van der Waals surface area contributed by atoms with Crippen molar-refractivity contribution in [1.29, 1.82) is 0 Å². The summed E-state index contributed by atoms with van der Waals surface area (Å²) in [6.45, 7) is 10.3. The number of nitrogens with zero attached hydrogens (tertiary/aromatic N) is 4. The van der Waals surface area contributed by atoms with Gasteiger partial charge in [-0.25, -0.2) is 0 Å². The van der Waals surface area contributed by atoms with Gasteiger partial charge in [0, 0.05) is 22.9 Å². The van der Waals surface area contributed by atoms with Gasteiger partial charge >= 0.3 is 0 Å². The molecule has 0 N–H and O–H groups in total. The molecule has 2 aromatic carbocycles. The molecule has 0 bridgehead atoms.